The van der Waals surface area contributed by atoms with Gasteiger partial charge in [-0.05, 0) is 43.5 Å². The lowest BCUT2D eigenvalue weighted by atomic mass is 10.1. The van der Waals surface area contributed by atoms with Crippen molar-refractivity contribution in [1.82, 2.24) is 4.98 Å². The molecule has 0 spiro atoms. The molecule has 1 atom stereocenters. The number of benzene rings is 1. The molecule has 0 fully saturated rings. The van der Waals surface area contributed by atoms with Crippen LogP contribution in [0.1, 0.15) is 30.1 Å². The Labute approximate surface area is 122 Å². The zero-order valence-corrected chi connectivity index (χ0v) is 12.5. The van der Waals surface area contributed by atoms with E-state index in [0.717, 1.165) is 22.7 Å². The zero-order valence-electron chi connectivity index (χ0n) is 11.7. The van der Waals surface area contributed by atoms with E-state index in [2.05, 4.69) is 11.9 Å². The molecule has 3 nitrogen and oxygen atoms in total. The average molecular weight is 294 g/mol. The number of nitrogens with two attached hydrogens (primary N) is 1. The van der Waals surface area contributed by atoms with E-state index in [9.17, 15) is 4.39 Å². The number of aromatic nitrogens is 1. The molecule has 1 aromatic heterocycles. The van der Waals surface area contributed by atoms with Gasteiger partial charge in [0.25, 0.3) is 0 Å². The van der Waals surface area contributed by atoms with Crippen LogP contribution in [-0.2, 0) is 19.4 Å². The Balaban J connectivity index is 2.08. The van der Waals surface area contributed by atoms with Gasteiger partial charge >= 0.3 is 0 Å². The van der Waals surface area contributed by atoms with Crippen molar-refractivity contribution in [3.8, 4) is 5.75 Å². The topological polar surface area (TPSA) is 48.1 Å². The van der Waals surface area contributed by atoms with Crippen molar-refractivity contribution in [2.45, 2.75) is 39.3 Å². The molecular formula is C15H19FN2OS. The van der Waals surface area contributed by atoms with Crippen molar-refractivity contribution in [3.05, 3.63) is 45.7 Å². The molecule has 1 heterocycles. The minimum atomic E-state index is -0.269. The first-order valence-corrected chi connectivity index (χ1v) is 7.56. The van der Waals surface area contributed by atoms with E-state index < -0.39 is 0 Å². The lowest BCUT2D eigenvalue weighted by Crippen LogP contribution is -2.18. The van der Waals surface area contributed by atoms with Crippen molar-refractivity contribution in [3.63, 3.8) is 0 Å². The van der Waals surface area contributed by atoms with Gasteiger partial charge in [-0.1, -0.05) is 6.92 Å². The maximum Gasteiger partial charge on any atom is 0.131 e. The van der Waals surface area contributed by atoms with Gasteiger partial charge in [-0.25, -0.2) is 9.37 Å². The van der Waals surface area contributed by atoms with Gasteiger partial charge in [-0.2, -0.15) is 0 Å². The number of thiazole rings is 1. The highest BCUT2D eigenvalue weighted by Gasteiger charge is 2.09. The van der Waals surface area contributed by atoms with Crippen LogP contribution >= 0.6 is 11.3 Å². The summed E-state index contributed by atoms with van der Waals surface area (Å²) in [6, 6.07) is 4.50. The Kier molecular flexibility index (Phi) is 5.09. The first-order valence-electron chi connectivity index (χ1n) is 6.68. The third-order valence-electron chi connectivity index (χ3n) is 2.84. The zero-order chi connectivity index (χ0) is 14.5. The summed E-state index contributed by atoms with van der Waals surface area (Å²) in [5.74, 6) is 0.407. The highest BCUT2D eigenvalue weighted by atomic mass is 32.1. The van der Waals surface area contributed by atoms with E-state index in [1.54, 1.807) is 17.4 Å². The van der Waals surface area contributed by atoms with E-state index in [1.807, 2.05) is 12.3 Å². The molecule has 20 heavy (non-hydrogen) atoms. The van der Waals surface area contributed by atoms with Gasteiger partial charge in [0.05, 0.1) is 10.7 Å². The van der Waals surface area contributed by atoms with Crippen LogP contribution in [0.3, 0.4) is 0 Å². The summed E-state index contributed by atoms with van der Waals surface area (Å²) in [7, 11) is 0. The Morgan fingerprint density at radius 1 is 1.45 bits per heavy atom. The summed E-state index contributed by atoms with van der Waals surface area (Å²) >= 11 is 1.63. The van der Waals surface area contributed by atoms with Crippen LogP contribution in [0, 0.1) is 5.82 Å². The van der Waals surface area contributed by atoms with E-state index >= 15 is 0 Å². The van der Waals surface area contributed by atoms with Gasteiger partial charge in [0.2, 0.25) is 0 Å². The number of ether oxygens (including phenoxy) is 1. The van der Waals surface area contributed by atoms with Crippen LogP contribution < -0.4 is 10.5 Å². The second-order valence-corrected chi connectivity index (χ2v) is 5.75. The predicted molar refractivity (Wildman–Crippen MR) is 79.6 cm³/mol. The summed E-state index contributed by atoms with van der Waals surface area (Å²) in [5.41, 5.74) is 7.49. The van der Waals surface area contributed by atoms with Crippen molar-refractivity contribution >= 4 is 11.3 Å². The molecular weight excluding hydrogens is 275 g/mol. The van der Waals surface area contributed by atoms with Gasteiger partial charge in [0.15, 0.2) is 0 Å². The molecule has 0 aliphatic heterocycles. The fourth-order valence-electron chi connectivity index (χ4n) is 1.92. The Hall–Kier alpha value is -1.46. The third kappa shape index (κ3) is 4.02. The monoisotopic (exact) mass is 294 g/mol. The molecule has 2 rings (SSSR count). The molecule has 0 aliphatic rings. The van der Waals surface area contributed by atoms with Crippen LogP contribution in [0.4, 0.5) is 4.39 Å². The van der Waals surface area contributed by atoms with Crippen LogP contribution in [0.5, 0.6) is 5.75 Å². The number of aryl methyl sites for hydroxylation is 1. The van der Waals surface area contributed by atoms with Crippen LogP contribution in [0.25, 0.3) is 0 Å². The Bertz CT molecular complexity index is 569. The molecule has 0 saturated heterocycles. The van der Waals surface area contributed by atoms with Crippen molar-refractivity contribution < 1.29 is 9.13 Å². The Morgan fingerprint density at radius 3 is 2.90 bits per heavy atom. The minimum absolute atomic E-state index is 0.0369. The Morgan fingerprint density at radius 2 is 2.25 bits per heavy atom. The van der Waals surface area contributed by atoms with E-state index in [4.69, 9.17) is 10.5 Å². The molecule has 0 saturated carbocycles. The molecule has 0 radical (unpaired) electrons. The summed E-state index contributed by atoms with van der Waals surface area (Å²) in [5, 5.41) is 3.09. The van der Waals surface area contributed by atoms with Crippen LogP contribution in [0.2, 0.25) is 0 Å². The second-order valence-electron chi connectivity index (χ2n) is 4.81. The summed E-state index contributed by atoms with van der Waals surface area (Å²) in [4.78, 5) is 4.45. The van der Waals surface area contributed by atoms with Crippen LogP contribution in [0.15, 0.2) is 23.6 Å². The highest BCUT2D eigenvalue weighted by Crippen LogP contribution is 2.22. The largest absolute Gasteiger partial charge is 0.487 e. The van der Waals surface area contributed by atoms with Gasteiger partial charge < -0.3 is 10.5 Å². The van der Waals surface area contributed by atoms with E-state index in [1.165, 1.54) is 12.1 Å². The number of hydrogen-bond donors (Lipinski definition) is 1. The minimum Gasteiger partial charge on any atom is -0.487 e. The maximum atomic E-state index is 13.3. The summed E-state index contributed by atoms with van der Waals surface area (Å²) in [6.45, 7) is 4.36. The standard InChI is InChI=1S/C15H19FN2OS/c1-3-15-18-13(9-20-15)8-19-14-5-4-12(16)7-11(14)6-10(2)17/h4-5,7,9-10H,3,6,8,17H2,1-2H3. The van der Waals surface area contributed by atoms with Crippen molar-refractivity contribution in [2.75, 3.05) is 0 Å². The lowest BCUT2D eigenvalue weighted by Gasteiger charge is -2.12. The molecule has 2 aromatic rings. The van der Waals surface area contributed by atoms with E-state index in [0.29, 0.717) is 18.8 Å². The molecule has 2 N–H and O–H groups in total. The second kappa shape index (κ2) is 6.81. The summed E-state index contributed by atoms with van der Waals surface area (Å²) in [6.07, 6.45) is 1.52. The summed E-state index contributed by atoms with van der Waals surface area (Å²) < 4.78 is 19.1. The normalized spacial score (nSPS) is 12.4. The molecule has 1 unspecified atom stereocenters. The third-order valence-corrected chi connectivity index (χ3v) is 3.88. The van der Waals surface area contributed by atoms with Gasteiger partial charge in [0.1, 0.15) is 18.2 Å². The number of rotatable bonds is 6. The first-order chi connectivity index (χ1) is 9.58. The molecule has 0 bridgehead atoms. The number of halogens is 1. The maximum absolute atomic E-state index is 13.3. The molecule has 0 aliphatic carbocycles. The van der Waals surface area contributed by atoms with Gasteiger partial charge in [-0.15, -0.1) is 11.3 Å². The van der Waals surface area contributed by atoms with E-state index in [-0.39, 0.29) is 11.9 Å². The van der Waals surface area contributed by atoms with Gasteiger partial charge in [0, 0.05) is 11.4 Å². The SMILES string of the molecule is CCc1nc(COc2ccc(F)cc2CC(C)N)cs1. The van der Waals surface area contributed by atoms with Gasteiger partial charge in [-0.3, -0.25) is 0 Å². The molecule has 1 aromatic carbocycles. The number of hydrogen-bond acceptors (Lipinski definition) is 4. The lowest BCUT2D eigenvalue weighted by molar-refractivity contribution is 0.297. The van der Waals surface area contributed by atoms with Crippen molar-refractivity contribution in [1.29, 1.82) is 0 Å². The van der Waals surface area contributed by atoms with Crippen LogP contribution in [-0.4, -0.2) is 11.0 Å². The quantitative estimate of drug-likeness (QED) is 0.889. The molecule has 5 heteroatoms. The predicted octanol–water partition coefficient (Wildman–Crippen LogP) is 3.31. The smallest absolute Gasteiger partial charge is 0.131 e. The number of nitrogens with zero attached hydrogens (tertiary/aromatic N) is 1. The first kappa shape index (κ1) is 14.9. The van der Waals surface area contributed by atoms with Crippen molar-refractivity contribution in [2.24, 2.45) is 5.73 Å². The average Bonchev–Trinajstić information content (AvgIpc) is 2.85. The highest BCUT2D eigenvalue weighted by molar-refractivity contribution is 7.09. The molecule has 108 valence electrons. The fourth-order valence-corrected chi connectivity index (χ4v) is 2.65. The molecule has 0 amide bonds. The fraction of sp³-hybridized carbons (Fsp3) is 0.400.